The molecular formula is C10H20N2O2. The predicted molar refractivity (Wildman–Crippen MR) is 55.2 cm³/mol. The highest BCUT2D eigenvalue weighted by atomic mass is 16.6. The van der Waals surface area contributed by atoms with Crippen LogP contribution in [0.4, 0.5) is 4.79 Å². The Kier molecular flexibility index (Phi) is 4.73. The molecule has 0 aromatic rings. The second-order valence-corrected chi connectivity index (χ2v) is 3.78. The van der Waals surface area contributed by atoms with Gasteiger partial charge in [0.15, 0.2) is 0 Å². The third-order valence-electron chi connectivity index (χ3n) is 2.69. The maximum atomic E-state index is 11.3. The van der Waals surface area contributed by atoms with Gasteiger partial charge in [-0.3, -0.25) is 0 Å². The zero-order valence-corrected chi connectivity index (χ0v) is 9.08. The van der Waals surface area contributed by atoms with E-state index in [1.54, 1.807) is 11.9 Å². The summed E-state index contributed by atoms with van der Waals surface area (Å²) in [7, 11) is 1.75. The first-order valence-corrected chi connectivity index (χ1v) is 5.32. The van der Waals surface area contributed by atoms with Crippen LogP contribution in [0.25, 0.3) is 0 Å². The molecule has 14 heavy (non-hydrogen) atoms. The summed E-state index contributed by atoms with van der Waals surface area (Å²) in [5, 5.41) is 3.29. The molecule has 1 aliphatic rings. The molecule has 1 heterocycles. The molecule has 0 bridgehead atoms. The fraction of sp³-hybridized carbons (Fsp3) is 0.900. The summed E-state index contributed by atoms with van der Waals surface area (Å²) in [5.74, 6) is 0.547. The number of carbonyl (C=O) groups excluding carboxylic acids is 1. The number of piperidine rings is 1. The highest BCUT2D eigenvalue weighted by molar-refractivity contribution is 5.67. The lowest BCUT2D eigenvalue weighted by molar-refractivity contribution is 0.0900. The largest absolute Gasteiger partial charge is 0.449 e. The van der Waals surface area contributed by atoms with Gasteiger partial charge in [-0.2, -0.15) is 0 Å². The maximum Gasteiger partial charge on any atom is 0.409 e. The minimum atomic E-state index is -0.203. The van der Waals surface area contributed by atoms with Crippen molar-refractivity contribution in [3.63, 3.8) is 0 Å². The monoisotopic (exact) mass is 200 g/mol. The topological polar surface area (TPSA) is 41.6 Å². The minimum Gasteiger partial charge on any atom is -0.449 e. The van der Waals surface area contributed by atoms with Crippen LogP contribution in [0.5, 0.6) is 0 Å². The fourth-order valence-electron chi connectivity index (χ4n) is 1.48. The SMILES string of the molecule is CCN(C)C(=O)OCC1CCNCC1. The Hall–Kier alpha value is -0.770. The Morgan fingerprint density at radius 3 is 2.71 bits per heavy atom. The van der Waals surface area contributed by atoms with Crippen molar-refractivity contribution in [3.05, 3.63) is 0 Å². The number of nitrogens with one attached hydrogen (secondary N) is 1. The van der Waals surface area contributed by atoms with Gasteiger partial charge >= 0.3 is 6.09 Å². The molecular weight excluding hydrogens is 180 g/mol. The van der Waals surface area contributed by atoms with Crippen molar-refractivity contribution in [1.29, 1.82) is 0 Å². The normalized spacial score (nSPS) is 17.9. The molecule has 0 saturated carbocycles. The third-order valence-corrected chi connectivity index (χ3v) is 2.69. The Labute approximate surface area is 85.6 Å². The van der Waals surface area contributed by atoms with Crippen LogP contribution >= 0.6 is 0 Å². The zero-order chi connectivity index (χ0) is 10.4. The van der Waals surface area contributed by atoms with Crippen molar-refractivity contribution in [2.75, 3.05) is 33.3 Å². The summed E-state index contributed by atoms with van der Waals surface area (Å²) < 4.78 is 5.19. The van der Waals surface area contributed by atoms with E-state index in [-0.39, 0.29) is 6.09 Å². The van der Waals surface area contributed by atoms with E-state index >= 15 is 0 Å². The molecule has 1 N–H and O–H groups in total. The Morgan fingerprint density at radius 2 is 2.14 bits per heavy atom. The molecule has 0 unspecified atom stereocenters. The Bertz CT molecular complexity index is 179. The lowest BCUT2D eigenvalue weighted by Gasteiger charge is -2.23. The number of amides is 1. The molecule has 0 radical (unpaired) electrons. The smallest absolute Gasteiger partial charge is 0.409 e. The zero-order valence-electron chi connectivity index (χ0n) is 9.08. The highest BCUT2D eigenvalue weighted by Gasteiger charge is 2.16. The van der Waals surface area contributed by atoms with Crippen LogP contribution in [0.1, 0.15) is 19.8 Å². The Morgan fingerprint density at radius 1 is 1.50 bits per heavy atom. The number of hydrogen-bond donors (Lipinski definition) is 1. The van der Waals surface area contributed by atoms with Crippen LogP contribution in [-0.4, -0.2) is 44.3 Å². The first-order chi connectivity index (χ1) is 6.74. The van der Waals surface area contributed by atoms with E-state index in [4.69, 9.17) is 4.74 Å². The number of ether oxygens (including phenoxy) is 1. The van der Waals surface area contributed by atoms with Crippen molar-refractivity contribution in [2.45, 2.75) is 19.8 Å². The van der Waals surface area contributed by atoms with Crippen LogP contribution in [0.2, 0.25) is 0 Å². The van der Waals surface area contributed by atoms with Gasteiger partial charge in [-0.15, -0.1) is 0 Å². The van der Waals surface area contributed by atoms with E-state index in [1.807, 2.05) is 6.92 Å². The molecule has 82 valence electrons. The molecule has 4 nitrogen and oxygen atoms in total. The lowest BCUT2D eigenvalue weighted by atomic mass is 9.99. The molecule has 0 atom stereocenters. The van der Waals surface area contributed by atoms with E-state index in [0.717, 1.165) is 25.9 Å². The van der Waals surface area contributed by atoms with Crippen LogP contribution in [-0.2, 0) is 4.74 Å². The fourth-order valence-corrected chi connectivity index (χ4v) is 1.48. The maximum absolute atomic E-state index is 11.3. The van der Waals surface area contributed by atoms with E-state index < -0.39 is 0 Å². The molecule has 0 aromatic heterocycles. The summed E-state index contributed by atoms with van der Waals surface area (Å²) in [6.07, 6.45) is 2.03. The number of rotatable bonds is 3. The Balaban J connectivity index is 2.15. The summed E-state index contributed by atoms with van der Waals surface area (Å²) in [6, 6.07) is 0. The van der Waals surface area contributed by atoms with Crippen LogP contribution in [0, 0.1) is 5.92 Å². The first kappa shape index (κ1) is 11.3. The molecule has 1 saturated heterocycles. The minimum absolute atomic E-state index is 0.203. The van der Waals surface area contributed by atoms with Crippen LogP contribution in [0.15, 0.2) is 0 Å². The van der Waals surface area contributed by atoms with E-state index in [0.29, 0.717) is 19.1 Å². The van der Waals surface area contributed by atoms with Gasteiger partial charge in [-0.25, -0.2) is 4.79 Å². The van der Waals surface area contributed by atoms with Gasteiger partial charge < -0.3 is 15.0 Å². The first-order valence-electron chi connectivity index (χ1n) is 5.32. The molecule has 0 aromatic carbocycles. The van der Waals surface area contributed by atoms with E-state index in [1.165, 1.54) is 0 Å². The molecule has 4 heteroatoms. The van der Waals surface area contributed by atoms with Crippen molar-refractivity contribution >= 4 is 6.09 Å². The van der Waals surface area contributed by atoms with Gasteiger partial charge in [0.05, 0.1) is 6.61 Å². The van der Waals surface area contributed by atoms with Gasteiger partial charge in [0.2, 0.25) is 0 Å². The molecule has 1 rings (SSSR count). The summed E-state index contributed by atoms with van der Waals surface area (Å²) in [4.78, 5) is 12.9. The lowest BCUT2D eigenvalue weighted by Crippen LogP contribution is -2.33. The van der Waals surface area contributed by atoms with Crippen molar-refractivity contribution < 1.29 is 9.53 Å². The van der Waals surface area contributed by atoms with Gasteiger partial charge in [0.25, 0.3) is 0 Å². The average Bonchev–Trinajstić information content (AvgIpc) is 2.26. The number of nitrogens with zero attached hydrogens (tertiary/aromatic N) is 1. The number of hydrogen-bond acceptors (Lipinski definition) is 3. The summed E-state index contributed by atoms with van der Waals surface area (Å²) >= 11 is 0. The molecule has 1 amide bonds. The van der Waals surface area contributed by atoms with Gasteiger partial charge in [-0.1, -0.05) is 0 Å². The van der Waals surface area contributed by atoms with Gasteiger partial charge in [0.1, 0.15) is 0 Å². The quantitative estimate of drug-likeness (QED) is 0.741. The standard InChI is InChI=1S/C10H20N2O2/c1-3-12(2)10(13)14-8-9-4-6-11-7-5-9/h9,11H,3-8H2,1-2H3. The summed E-state index contributed by atoms with van der Waals surface area (Å²) in [5.41, 5.74) is 0. The van der Waals surface area contributed by atoms with Crippen molar-refractivity contribution in [1.82, 2.24) is 10.2 Å². The van der Waals surface area contributed by atoms with Crippen molar-refractivity contribution in [2.24, 2.45) is 5.92 Å². The van der Waals surface area contributed by atoms with Crippen LogP contribution < -0.4 is 5.32 Å². The second-order valence-electron chi connectivity index (χ2n) is 3.78. The molecule has 0 spiro atoms. The average molecular weight is 200 g/mol. The summed E-state index contributed by atoms with van der Waals surface area (Å²) in [6.45, 7) is 5.30. The van der Waals surface area contributed by atoms with E-state index in [2.05, 4.69) is 5.32 Å². The molecule has 1 aliphatic heterocycles. The van der Waals surface area contributed by atoms with Crippen LogP contribution in [0.3, 0.4) is 0 Å². The molecule has 1 fully saturated rings. The third kappa shape index (κ3) is 3.54. The van der Waals surface area contributed by atoms with Gasteiger partial charge in [0, 0.05) is 13.6 Å². The van der Waals surface area contributed by atoms with Gasteiger partial charge in [-0.05, 0) is 38.8 Å². The van der Waals surface area contributed by atoms with Crippen molar-refractivity contribution in [3.8, 4) is 0 Å². The second kappa shape index (κ2) is 5.86. The number of carbonyl (C=O) groups is 1. The molecule has 0 aliphatic carbocycles. The highest BCUT2D eigenvalue weighted by Crippen LogP contribution is 2.11. The predicted octanol–water partition coefficient (Wildman–Crippen LogP) is 1.07. The van der Waals surface area contributed by atoms with E-state index in [9.17, 15) is 4.79 Å².